The van der Waals surface area contributed by atoms with E-state index in [-0.39, 0.29) is 24.3 Å². The second-order valence-electron chi connectivity index (χ2n) is 4.81. The van der Waals surface area contributed by atoms with Gasteiger partial charge >= 0.3 is 0 Å². The Balaban J connectivity index is 2.10. The molecule has 0 saturated carbocycles. The number of nitrogens with two attached hydrogens (primary N) is 1. The van der Waals surface area contributed by atoms with Crippen LogP contribution in [0.1, 0.15) is 35.9 Å². The quantitative estimate of drug-likeness (QED) is 0.700. The SMILES string of the molecule is CC(C)c1[nH]nc(C(=O)N2CC(CO)C2)c1N. The number of aliphatic hydroxyl groups is 1. The molecule has 1 aromatic heterocycles. The van der Waals surface area contributed by atoms with E-state index in [4.69, 9.17) is 10.8 Å². The largest absolute Gasteiger partial charge is 0.396 e. The lowest BCUT2D eigenvalue weighted by molar-refractivity contribution is 0.0357. The standard InChI is InChI=1S/C11H18N4O2/c1-6(2)9-8(12)10(14-13-9)11(17)15-3-7(4-15)5-16/h6-7,16H,3-5,12H2,1-2H3,(H,13,14). The van der Waals surface area contributed by atoms with Gasteiger partial charge in [-0.15, -0.1) is 0 Å². The summed E-state index contributed by atoms with van der Waals surface area (Å²) in [5, 5.41) is 15.7. The van der Waals surface area contributed by atoms with Crippen LogP contribution in [0.5, 0.6) is 0 Å². The topological polar surface area (TPSA) is 95.2 Å². The van der Waals surface area contributed by atoms with E-state index in [1.54, 1.807) is 4.90 Å². The van der Waals surface area contributed by atoms with Crippen LogP contribution in [-0.2, 0) is 0 Å². The Bertz CT molecular complexity index is 421. The third kappa shape index (κ3) is 2.00. The first-order valence-corrected chi connectivity index (χ1v) is 5.78. The summed E-state index contributed by atoms with van der Waals surface area (Å²) in [6, 6.07) is 0. The highest BCUT2D eigenvalue weighted by atomic mass is 16.3. The van der Waals surface area contributed by atoms with Crippen LogP contribution < -0.4 is 5.73 Å². The van der Waals surface area contributed by atoms with Gasteiger partial charge in [-0.2, -0.15) is 5.10 Å². The fourth-order valence-electron chi connectivity index (χ4n) is 1.97. The number of hydrogen-bond donors (Lipinski definition) is 3. The molecule has 6 nitrogen and oxygen atoms in total. The van der Waals surface area contributed by atoms with E-state index < -0.39 is 0 Å². The normalized spacial score (nSPS) is 16.4. The van der Waals surface area contributed by atoms with Crippen LogP contribution in [0.25, 0.3) is 0 Å². The third-order valence-electron chi connectivity index (χ3n) is 3.12. The van der Waals surface area contributed by atoms with Gasteiger partial charge in [0, 0.05) is 25.6 Å². The molecule has 2 heterocycles. The van der Waals surface area contributed by atoms with Crippen LogP contribution in [0.2, 0.25) is 0 Å². The average molecular weight is 238 g/mol. The summed E-state index contributed by atoms with van der Waals surface area (Å²) in [4.78, 5) is 13.7. The van der Waals surface area contributed by atoms with Gasteiger partial charge in [-0.3, -0.25) is 9.89 Å². The molecular formula is C11H18N4O2. The van der Waals surface area contributed by atoms with Gasteiger partial charge in [0.15, 0.2) is 5.69 Å². The molecule has 2 rings (SSSR count). The molecule has 94 valence electrons. The Labute approximate surface area is 99.8 Å². The molecule has 6 heteroatoms. The van der Waals surface area contributed by atoms with E-state index in [2.05, 4.69) is 10.2 Å². The van der Waals surface area contributed by atoms with E-state index in [0.717, 1.165) is 5.69 Å². The molecule has 4 N–H and O–H groups in total. The Morgan fingerprint density at radius 3 is 2.76 bits per heavy atom. The van der Waals surface area contributed by atoms with Gasteiger partial charge in [-0.1, -0.05) is 13.8 Å². The lowest BCUT2D eigenvalue weighted by Crippen LogP contribution is -2.51. The monoisotopic (exact) mass is 238 g/mol. The number of aromatic nitrogens is 2. The number of aliphatic hydroxyl groups excluding tert-OH is 1. The molecule has 1 aromatic rings. The Morgan fingerprint density at radius 1 is 1.65 bits per heavy atom. The maximum Gasteiger partial charge on any atom is 0.276 e. The van der Waals surface area contributed by atoms with Crippen molar-refractivity contribution in [2.24, 2.45) is 5.92 Å². The van der Waals surface area contributed by atoms with Gasteiger partial charge in [0.25, 0.3) is 5.91 Å². The minimum Gasteiger partial charge on any atom is -0.396 e. The lowest BCUT2D eigenvalue weighted by Gasteiger charge is -2.37. The molecule has 1 aliphatic heterocycles. The number of nitrogen functional groups attached to an aromatic ring is 1. The van der Waals surface area contributed by atoms with Crippen molar-refractivity contribution in [3.8, 4) is 0 Å². The minimum atomic E-state index is -0.157. The molecule has 0 aromatic carbocycles. The van der Waals surface area contributed by atoms with Gasteiger partial charge in [-0.25, -0.2) is 0 Å². The number of carbonyl (C=O) groups is 1. The van der Waals surface area contributed by atoms with Crippen LogP contribution in [-0.4, -0.2) is 45.8 Å². The van der Waals surface area contributed by atoms with Crippen molar-refractivity contribution in [2.75, 3.05) is 25.4 Å². The second kappa shape index (κ2) is 4.37. The van der Waals surface area contributed by atoms with Gasteiger partial charge in [0.05, 0.1) is 11.4 Å². The Hall–Kier alpha value is -1.56. The number of H-pyrrole nitrogens is 1. The van der Waals surface area contributed by atoms with Crippen molar-refractivity contribution >= 4 is 11.6 Å². The van der Waals surface area contributed by atoms with Crippen molar-refractivity contribution in [1.82, 2.24) is 15.1 Å². The minimum absolute atomic E-state index is 0.122. The summed E-state index contributed by atoms with van der Waals surface area (Å²) in [6.07, 6.45) is 0. The molecule has 0 unspecified atom stereocenters. The van der Waals surface area contributed by atoms with Crippen molar-refractivity contribution in [3.63, 3.8) is 0 Å². The maximum atomic E-state index is 12.0. The maximum absolute atomic E-state index is 12.0. The van der Waals surface area contributed by atoms with Crippen LogP contribution in [0.3, 0.4) is 0 Å². The molecule has 1 saturated heterocycles. The third-order valence-corrected chi connectivity index (χ3v) is 3.12. The molecule has 0 radical (unpaired) electrons. The lowest BCUT2D eigenvalue weighted by atomic mass is 10.0. The molecule has 0 bridgehead atoms. The predicted molar refractivity (Wildman–Crippen MR) is 63.6 cm³/mol. The van der Waals surface area contributed by atoms with Crippen LogP contribution >= 0.6 is 0 Å². The second-order valence-corrected chi connectivity index (χ2v) is 4.81. The highest BCUT2D eigenvalue weighted by Crippen LogP contribution is 2.25. The number of aromatic amines is 1. The summed E-state index contributed by atoms with van der Waals surface area (Å²) < 4.78 is 0. The summed E-state index contributed by atoms with van der Waals surface area (Å²) in [7, 11) is 0. The van der Waals surface area contributed by atoms with E-state index in [0.29, 0.717) is 24.5 Å². The molecule has 17 heavy (non-hydrogen) atoms. The zero-order valence-electron chi connectivity index (χ0n) is 10.1. The van der Waals surface area contributed by atoms with Crippen molar-refractivity contribution in [2.45, 2.75) is 19.8 Å². The number of rotatable bonds is 3. The molecule has 1 fully saturated rings. The molecule has 1 aliphatic rings. The number of carbonyl (C=O) groups excluding carboxylic acids is 1. The summed E-state index contributed by atoms with van der Waals surface area (Å²) in [5.74, 6) is 0.254. The number of nitrogens with one attached hydrogen (secondary N) is 1. The Morgan fingerprint density at radius 2 is 2.29 bits per heavy atom. The molecule has 0 atom stereocenters. The number of nitrogens with zero attached hydrogens (tertiary/aromatic N) is 2. The van der Waals surface area contributed by atoms with E-state index in [9.17, 15) is 4.79 Å². The molecule has 0 spiro atoms. The Kier molecular flexibility index (Phi) is 3.06. The summed E-state index contributed by atoms with van der Waals surface area (Å²) in [6.45, 7) is 5.27. The van der Waals surface area contributed by atoms with Crippen LogP contribution in [0.15, 0.2) is 0 Å². The first-order valence-electron chi connectivity index (χ1n) is 5.78. The van der Waals surface area contributed by atoms with Crippen LogP contribution in [0, 0.1) is 5.92 Å². The summed E-state index contributed by atoms with van der Waals surface area (Å²) in [5.41, 5.74) is 7.44. The highest BCUT2D eigenvalue weighted by molar-refractivity contribution is 5.98. The molecular weight excluding hydrogens is 220 g/mol. The zero-order chi connectivity index (χ0) is 12.6. The zero-order valence-corrected chi connectivity index (χ0v) is 10.1. The predicted octanol–water partition coefficient (Wildman–Crippen LogP) is 0.180. The summed E-state index contributed by atoms with van der Waals surface area (Å²) >= 11 is 0. The highest BCUT2D eigenvalue weighted by Gasteiger charge is 2.33. The smallest absolute Gasteiger partial charge is 0.276 e. The van der Waals surface area contributed by atoms with Crippen molar-refractivity contribution in [1.29, 1.82) is 0 Å². The first kappa shape index (κ1) is 11.9. The van der Waals surface area contributed by atoms with Crippen LogP contribution in [0.4, 0.5) is 5.69 Å². The van der Waals surface area contributed by atoms with Crippen molar-refractivity contribution in [3.05, 3.63) is 11.4 Å². The van der Waals surface area contributed by atoms with E-state index in [1.807, 2.05) is 13.8 Å². The fourth-order valence-corrected chi connectivity index (χ4v) is 1.97. The molecule has 0 aliphatic carbocycles. The van der Waals surface area contributed by atoms with Gasteiger partial charge in [0.1, 0.15) is 0 Å². The van der Waals surface area contributed by atoms with Gasteiger partial charge < -0.3 is 15.7 Å². The number of anilines is 1. The number of likely N-dealkylation sites (tertiary alicyclic amines) is 1. The average Bonchev–Trinajstić information content (AvgIpc) is 2.58. The van der Waals surface area contributed by atoms with Gasteiger partial charge in [-0.05, 0) is 5.92 Å². The first-order chi connectivity index (χ1) is 8.04. The van der Waals surface area contributed by atoms with E-state index in [1.165, 1.54) is 0 Å². The number of hydrogen-bond acceptors (Lipinski definition) is 4. The van der Waals surface area contributed by atoms with Gasteiger partial charge in [0.2, 0.25) is 0 Å². The number of amides is 1. The fraction of sp³-hybridized carbons (Fsp3) is 0.636. The van der Waals surface area contributed by atoms with E-state index >= 15 is 0 Å². The molecule has 1 amide bonds. The van der Waals surface area contributed by atoms with Crippen molar-refractivity contribution < 1.29 is 9.90 Å².